The molecule has 0 aliphatic rings. The van der Waals surface area contributed by atoms with Gasteiger partial charge in [-0.1, -0.05) is 19.1 Å². The number of rotatable bonds is 6. The number of hydrogen-bond acceptors (Lipinski definition) is 3. The molecule has 0 amide bonds. The van der Waals surface area contributed by atoms with Crippen LogP contribution in [0.5, 0.6) is 0 Å². The predicted octanol–water partition coefficient (Wildman–Crippen LogP) is 3.90. The second-order valence-corrected chi connectivity index (χ2v) is 5.71. The SMILES string of the molecule is CCCNC(c1ccc(N(C)C)cc1)c1ccsc1. The summed E-state index contributed by atoms with van der Waals surface area (Å²) >= 11 is 1.76. The molecule has 0 radical (unpaired) electrons. The van der Waals surface area contributed by atoms with Gasteiger partial charge in [-0.3, -0.25) is 0 Å². The summed E-state index contributed by atoms with van der Waals surface area (Å²) in [7, 11) is 4.14. The van der Waals surface area contributed by atoms with Gasteiger partial charge in [0, 0.05) is 19.8 Å². The molecular formula is C16H22N2S. The first kappa shape index (κ1) is 14.1. The van der Waals surface area contributed by atoms with Crippen LogP contribution < -0.4 is 10.2 Å². The average Bonchev–Trinajstić information content (AvgIpc) is 2.94. The van der Waals surface area contributed by atoms with Crippen LogP contribution in [-0.4, -0.2) is 20.6 Å². The second kappa shape index (κ2) is 6.73. The summed E-state index contributed by atoms with van der Waals surface area (Å²) in [6.45, 7) is 3.24. The molecule has 2 aromatic rings. The van der Waals surface area contributed by atoms with Crippen LogP contribution in [0, 0.1) is 0 Å². The highest BCUT2D eigenvalue weighted by atomic mass is 32.1. The van der Waals surface area contributed by atoms with E-state index in [1.807, 2.05) is 0 Å². The van der Waals surface area contributed by atoms with Crippen molar-refractivity contribution in [3.63, 3.8) is 0 Å². The topological polar surface area (TPSA) is 15.3 Å². The molecule has 1 aromatic heterocycles. The van der Waals surface area contributed by atoms with Crippen LogP contribution in [0.1, 0.15) is 30.5 Å². The van der Waals surface area contributed by atoms with Crippen LogP contribution in [-0.2, 0) is 0 Å². The van der Waals surface area contributed by atoms with Gasteiger partial charge in [0.05, 0.1) is 6.04 Å². The fourth-order valence-electron chi connectivity index (χ4n) is 2.12. The van der Waals surface area contributed by atoms with Gasteiger partial charge < -0.3 is 10.2 Å². The van der Waals surface area contributed by atoms with E-state index < -0.39 is 0 Å². The van der Waals surface area contributed by atoms with E-state index in [0.717, 1.165) is 13.0 Å². The fourth-order valence-corrected chi connectivity index (χ4v) is 2.81. The monoisotopic (exact) mass is 274 g/mol. The first-order valence-corrected chi connectivity index (χ1v) is 7.69. The van der Waals surface area contributed by atoms with Crippen molar-refractivity contribution in [2.24, 2.45) is 0 Å². The van der Waals surface area contributed by atoms with Gasteiger partial charge in [-0.05, 0) is 53.1 Å². The normalized spacial score (nSPS) is 12.4. The minimum absolute atomic E-state index is 0.308. The highest BCUT2D eigenvalue weighted by Crippen LogP contribution is 2.25. The van der Waals surface area contributed by atoms with Crippen molar-refractivity contribution in [1.29, 1.82) is 0 Å². The van der Waals surface area contributed by atoms with Gasteiger partial charge in [0.15, 0.2) is 0 Å². The fraction of sp³-hybridized carbons (Fsp3) is 0.375. The van der Waals surface area contributed by atoms with Crippen LogP contribution >= 0.6 is 11.3 Å². The summed E-state index contributed by atoms with van der Waals surface area (Å²) in [5, 5.41) is 8.00. The third-order valence-electron chi connectivity index (χ3n) is 3.22. The summed E-state index contributed by atoms with van der Waals surface area (Å²) in [5.74, 6) is 0. The third kappa shape index (κ3) is 3.58. The van der Waals surface area contributed by atoms with Crippen LogP contribution in [0.25, 0.3) is 0 Å². The van der Waals surface area contributed by atoms with Crippen molar-refractivity contribution < 1.29 is 0 Å². The van der Waals surface area contributed by atoms with E-state index in [2.05, 4.69) is 72.3 Å². The molecule has 1 heterocycles. The van der Waals surface area contributed by atoms with Crippen LogP contribution in [0.15, 0.2) is 41.1 Å². The van der Waals surface area contributed by atoms with Crippen molar-refractivity contribution in [3.8, 4) is 0 Å². The molecule has 19 heavy (non-hydrogen) atoms. The van der Waals surface area contributed by atoms with Gasteiger partial charge in [-0.25, -0.2) is 0 Å². The van der Waals surface area contributed by atoms with Crippen LogP contribution in [0.4, 0.5) is 5.69 Å². The minimum atomic E-state index is 0.308. The average molecular weight is 274 g/mol. The lowest BCUT2D eigenvalue weighted by Gasteiger charge is -2.20. The number of benzene rings is 1. The molecule has 0 saturated heterocycles. The Labute approximate surface area is 120 Å². The zero-order valence-corrected chi connectivity index (χ0v) is 12.7. The third-order valence-corrected chi connectivity index (χ3v) is 3.92. The largest absolute Gasteiger partial charge is 0.378 e. The molecule has 1 unspecified atom stereocenters. The van der Waals surface area contributed by atoms with Crippen LogP contribution in [0.2, 0.25) is 0 Å². The molecule has 0 saturated carbocycles. The molecule has 0 aliphatic heterocycles. The lowest BCUT2D eigenvalue weighted by Crippen LogP contribution is -2.22. The standard InChI is InChI=1S/C16H22N2S/c1-4-10-17-16(14-9-11-19-12-14)13-5-7-15(8-6-13)18(2)3/h5-9,11-12,16-17H,4,10H2,1-3H3. The lowest BCUT2D eigenvalue weighted by atomic mass is 10.0. The van der Waals surface area contributed by atoms with E-state index in [4.69, 9.17) is 0 Å². The van der Waals surface area contributed by atoms with Gasteiger partial charge >= 0.3 is 0 Å². The van der Waals surface area contributed by atoms with Crippen molar-refractivity contribution >= 4 is 17.0 Å². The predicted molar refractivity (Wildman–Crippen MR) is 85.2 cm³/mol. The molecule has 1 aromatic carbocycles. The molecular weight excluding hydrogens is 252 g/mol. The smallest absolute Gasteiger partial charge is 0.0584 e. The number of nitrogens with one attached hydrogen (secondary N) is 1. The Balaban J connectivity index is 2.22. The zero-order valence-electron chi connectivity index (χ0n) is 11.9. The van der Waals surface area contributed by atoms with Crippen molar-refractivity contribution in [2.45, 2.75) is 19.4 Å². The van der Waals surface area contributed by atoms with Crippen molar-refractivity contribution in [3.05, 3.63) is 52.2 Å². The highest BCUT2D eigenvalue weighted by molar-refractivity contribution is 7.08. The first-order chi connectivity index (χ1) is 9.22. The Morgan fingerprint density at radius 2 is 1.84 bits per heavy atom. The van der Waals surface area contributed by atoms with E-state index in [1.54, 1.807) is 11.3 Å². The number of nitrogens with zero attached hydrogens (tertiary/aromatic N) is 1. The number of thiophene rings is 1. The van der Waals surface area contributed by atoms with Crippen LogP contribution in [0.3, 0.4) is 0 Å². The zero-order chi connectivity index (χ0) is 13.7. The van der Waals surface area contributed by atoms with E-state index in [-0.39, 0.29) is 0 Å². The molecule has 0 aliphatic carbocycles. The summed E-state index contributed by atoms with van der Waals surface area (Å²) < 4.78 is 0. The second-order valence-electron chi connectivity index (χ2n) is 4.93. The summed E-state index contributed by atoms with van der Waals surface area (Å²) in [6, 6.07) is 11.3. The van der Waals surface area contributed by atoms with Crippen molar-refractivity contribution in [2.75, 3.05) is 25.5 Å². The molecule has 2 rings (SSSR count). The quantitative estimate of drug-likeness (QED) is 0.859. The van der Waals surface area contributed by atoms with Crippen molar-refractivity contribution in [1.82, 2.24) is 5.32 Å². The maximum absolute atomic E-state index is 3.63. The Bertz CT molecular complexity index is 474. The molecule has 2 nitrogen and oxygen atoms in total. The van der Waals surface area contributed by atoms with Gasteiger partial charge in [-0.15, -0.1) is 0 Å². The Morgan fingerprint density at radius 3 is 2.37 bits per heavy atom. The molecule has 0 fully saturated rings. The van der Waals surface area contributed by atoms with E-state index in [1.165, 1.54) is 16.8 Å². The van der Waals surface area contributed by atoms with Gasteiger partial charge in [0.25, 0.3) is 0 Å². The number of anilines is 1. The maximum atomic E-state index is 3.63. The molecule has 3 heteroatoms. The Kier molecular flexibility index (Phi) is 5.00. The van der Waals surface area contributed by atoms with E-state index >= 15 is 0 Å². The maximum Gasteiger partial charge on any atom is 0.0584 e. The first-order valence-electron chi connectivity index (χ1n) is 6.75. The molecule has 0 bridgehead atoms. The Hall–Kier alpha value is -1.32. The number of hydrogen-bond donors (Lipinski definition) is 1. The molecule has 1 N–H and O–H groups in total. The van der Waals surface area contributed by atoms with Gasteiger partial charge in [-0.2, -0.15) is 11.3 Å². The Morgan fingerprint density at radius 1 is 1.11 bits per heavy atom. The minimum Gasteiger partial charge on any atom is -0.378 e. The van der Waals surface area contributed by atoms with E-state index in [9.17, 15) is 0 Å². The van der Waals surface area contributed by atoms with E-state index in [0.29, 0.717) is 6.04 Å². The molecule has 0 spiro atoms. The van der Waals surface area contributed by atoms with Gasteiger partial charge in [0.1, 0.15) is 0 Å². The highest BCUT2D eigenvalue weighted by Gasteiger charge is 2.13. The lowest BCUT2D eigenvalue weighted by molar-refractivity contribution is 0.600. The molecule has 102 valence electrons. The summed E-state index contributed by atoms with van der Waals surface area (Å²) in [6.07, 6.45) is 1.15. The van der Waals surface area contributed by atoms with Gasteiger partial charge in [0.2, 0.25) is 0 Å². The summed E-state index contributed by atoms with van der Waals surface area (Å²) in [5.41, 5.74) is 3.93. The molecule has 1 atom stereocenters. The summed E-state index contributed by atoms with van der Waals surface area (Å²) in [4.78, 5) is 2.13.